The summed E-state index contributed by atoms with van der Waals surface area (Å²) in [5.41, 5.74) is 2.52. The highest BCUT2D eigenvalue weighted by molar-refractivity contribution is 5.64. The van der Waals surface area contributed by atoms with Crippen molar-refractivity contribution in [3.05, 3.63) is 54.1 Å². The zero-order chi connectivity index (χ0) is 15.1. The third-order valence-electron chi connectivity index (χ3n) is 4.89. The standard InChI is InChI=1S/C19H22N2O/c1-20(2)16-10-7-13-21-15-9-4-6-12-18(15)22-17-11-5-3-8-14(17)19(16)21/h3-6,8-9,11-12,16,19H,7,10,13H2,1-2H3/t16-,19-/m0/s1. The zero-order valence-corrected chi connectivity index (χ0v) is 13.2. The van der Waals surface area contributed by atoms with Crippen LogP contribution in [-0.4, -0.2) is 31.6 Å². The number of piperidine rings is 1. The lowest BCUT2D eigenvalue weighted by Gasteiger charge is -2.44. The van der Waals surface area contributed by atoms with E-state index in [1.54, 1.807) is 0 Å². The number of ether oxygens (including phenoxy) is 1. The first-order valence-electron chi connectivity index (χ1n) is 8.04. The third kappa shape index (κ3) is 2.08. The molecule has 0 spiro atoms. The van der Waals surface area contributed by atoms with E-state index in [9.17, 15) is 0 Å². The molecule has 3 nitrogen and oxygen atoms in total. The summed E-state index contributed by atoms with van der Waals surface area (Å²) in [6.45, 7) is 1.09. The van der Waals surface area contributed by atoms with Crippen LogP contribution < -0.4 is 9.64 Å². The van der Waals surface area contributed by atoms with Gasteiger partial charge in [-0.25, -0.2) is 0 Å². The van der Waals surface area contributed by atoms with Gasteiger partial charge in [-0.05, 0) is 45.1 Å². The van der Waals surface area contributed by atoms with Crippen molar-refractivity contribution in [2.45, 2.75) is 24.9 Å². The Morgan fingerprint density at radius 1 is 1.00 bits per heavy atom. The number of rotatable bonds is 1. The van der Waals surface area contributed by atoms with Gasteiger partial charge in [-0.3, -0.25) is 0 Å². The van der Waals surface area contributed by atoms with Gasteiger partial charge in [0.1, 0.15) is 5.75 Å². The van der Waals surface area contributed by atoms with Crippen LogP contribution in [0.25, 0.3) is 0 Å². The smallest absolute Gasteiger partial charge is 0.150 e. The Morgan fingerprint density at radius 2 is 1.73 bits per heavy atom. The van der Waals surface area contributed by atoms with E-state index in [-0.39, 0.29) is 0 Å². The van der Waals surface area contributed by atoms with E-state index in [1.165, 1.54) is 24.1 Å². The monoisotopic (exact) mass is 294 g/mol. The summed E-state index contributed by atoms with van der Waals surface area (Å²) in [5.74, 6) is 1.97. The number of anilines is 1. The van der Waals surface area contributed by atoms with Crippen molar-refractivity contribution < 1.29 is 4.74 Å². The summed E-state index contributed by atoms with van der Waals surface area (Å²) < 4.78 is 6.26. The van der Waals surface area contributed by atoms with Gasteiger partial charge in [0, 0.05) is 18.2 Å². The van der Waals surface area contributed by atoms with Crippen molar-refractivity contribution in [2.75, 3.05) is 25.5 Å². The SMILES string of the molecule is CN(C)[C@H]1CCCN2c3ccccc3Oc3ccccc3[C@@H]12. The van der Waals surface area contributed by atoms with E-state index >= 15 is 0 Å². The average Bonchev–Trinajstić information content (AvgIpc) is 2.69. The molecule has 0 aliphatic carbocycles. The second kappa shape index (κ2) is 5.33. The van der Waals surface area contributed by atoms with Crippen molar-refractivity contribution in [3.63, 3.8) is 0 Å². The predicted octanol–water partition coefficient (Wildman–Crippen LogP) is 4.06. The molecule has 2 aliphatic rings. The molecule has 4 rings (SSSR count). The Kier molecular flexibility index (Phi) is 3.30. The molecule has 0 amide bonds. The summed E-state index contributed by atoms with van der Waals surface area (Å²) in [6, 6.07) is 17.8. The van der Waals surface area contributed by atoms with Gasteiger partial charge in [-0.1, -0.05) is 30.3 Å². The number of para-hydroxylation sites is 3. The van der Waals surface area contributed by atoms with Gasteiger partial charge in [0.2, 0.25) is 0 Å². The first-order valence-corrected chi connectivity index (χ1v) is 8.04. The van der Waals surface area contributed by atoms with Crippen LogP contribution in [0, 0.1) is 0 Å². The molecule has 1 saturated heterocycles. The summed E-state index contributed by atoms with van der Waals surface area (Å²) in [7, 11) is 4.38. The molecular weight excluding hydrogens is 272 g/mol. The molecule has 3 heteroatoms. The van der Waals surface area contributed by atoms with Crippen LogP contribution in [0.5, 0.6) is 11.5 Å². The third-order valence-corrected chi connectivity index (χ3v) is 4.89. The van der Waals surface area contributed by atoms with E-state index in [0.717, 1.165) is 18.0 Å². The number of benzene rings is 2. The average molecular weight is 294 g/mol. The maximum absolute atomic E-state index is 6.26. The van der Waals surface area contributed by atoms with Crippen molar-refractivity contribution in [1.29, 1.82) is 0 Å². The van der Waals surface area contributed by atoms with E-state index in [0.29, 0.717) is 12.1 Å². The number of likely N-dealkylation sites (N-methyl/N-ethyl adjacent to an activating group) is 1. The molecule has 2 aromatic carbocycles. The van der Waals surface area contributed by atoms with Crippen LogP contribution in [0.4, 0.5) is 5.69 Å². The van der Waals surface area contributed by atoms with Crippen LogP contribution >= 0.6 is 0 Å². The first kappa shape index (κ1) is 13.6. The van der Waals surface area contributed by atoms with Gasteiger partial charge in [0.05, 0.1) is 11.7 Å². The minimum atomic E-state index is 0.351. The van der Waals surface area contributed by atoms with E-state index in [2.05, 4.69) is 72.4 Å². The van der Waals surface area contributed by atoms with Crippen LogP contribution in [-0.2, 0) is 0 Å². The Hall–Kier alpha value is -2.00. The molecule has 0 bridgehead atoms. The van der Waals surface area contributed by atoms with Crippen LogP contribution in [0.3, 0.4) is 0 Å². The fourth-order valence-electron chi connectivity index (χ4n) is 3.88. The van der Waals surface area contributed by atoms with Gasteiger partial charge in [-0.2, -0.15) is 0 Å². The Bertz CT molecular complexity index is 683. The summed E-state index contributed by atoms with van der Waals surface area (Å²) in [6.07, 6.45) is 2.44. The van der Waals surface area contributed by atoms with Gasteiger partial charge in [0.15, 0.2) is 5.75 Å². The fraction of sp³-hybridized carbons (Fsp3) is 0.368. The highest BCUT2D eigenvalue weighted by Crippen LogP contribution is 2.47. The minimum absolute atomic E-state index is 0.351. The van der Waals surface area contributed by atoms with Crippen molar-refractivity contribution in [1.82, 2.24) is 4.90 Å². The van der Waals surface area contributed by atoms with Crippen molar-refractivity contribution >= 4 is 5.69 Å². The molecule has 2 heterocycles. The van der Waals surface area contributed by atoms with E-state index < -0.39 is 0 Å². The molecule has 2 aromatic rings. The minimum Gasteiger partial charge on any atom is -0.455 e. The molecule has 1 fully saturated rings. The highest BCUT2D eigenvalue weighted by Gasteiger charge is 2.38. The molecular formula is C19H22N2O. The van der Waals surface area contributed by atoms with Gasteiger partial charge in [-0.15, -0.1) is 0 Å². The first-order chi connectivity index (χ1) is 10.8. The molecule has 114 valence electrons. The molecule has 0 unspecified atom stereocenters. The molecule has 0 radical (unpaired) electrons. The van der Waals surface area contributed by atoms with Gasteiger partial charge in [0.25, 0.3) is 0 Å². The predicted molar refractivity (Wildman–Crippen MR) is 89.8 cm³/mol. The summed E-state index contributed by atoms with van der Waals surface area (Å²) in [5, 5.41) is 0. The topological polar surface area (TPSA) is 15.7 Å². The molecule has 2 aliphatic heterocycles. The molecule has 22 heavy (non-hydrogen) atoms. The molecule has 0 saturated carbocycles. The lowest BCUT2D eigenvalue weighted by atomic mass is 9.89. The summed E-state index contributed by atoms with van der Waals surface area (Å²) in [4.78, 5) is 4.90. The Morgan fingerprint density at radius 3 is 2.55 bits per heavy atom. The Labute approximate surface area is 132 Å². The van der Waals surface area contributed by atoms with E-state index in [1.807, 2.05) is 0 Å². The number of fused-ring (bicyclic) bond motifs is 5. The van der Waals surface area contributed by atoms with Crippen LogP contribution in [0.2, 0.25) is 0 Å². The van der Waals surface area contributed by atoms with E-state index in [4.69, 9.17) is 4.74 Å². The van der Waals surface area contributed by atoms with Crippen molar-refractivity contribution in [2.24, 2.45) is 0 Å². The maximum atomic E-state index is 6.26. The second-order valence-electron chi connectivity index (χ2n) is 6.42. The molecule has 0 aromatic heterocycles. The van der Waals surface area contributed by atoms with Crippen LogP contribution in [0.15, 0.2) is 48.5 Å². The largest absolute Gasteiger partial charge is 0.455 e. The highest BCUT2D eigenvalue weighted by atomic mass is 16.5. The zero-order valence-electron chi connectivity index (χ0n) is 13.2. The Balaban J connectivity index is 1.92. The quantitative estimate of drug-likeness (QED) is 0.788. The second-order valence-corrected chi connectivity index (χ2v) is 6.42. The molecule has 0 N–H and O–H groups in total. The fourth-order valence-corrected chi connectivity index (χ4v) is 3.88. The molecule has 2 atom stereocenters. The number of nitrogens with zero attached hydrogens (tertiary/aromatic N) is 2. The maximum Gasteiger partial charge on any atom is 0.150 e. The number of hydrogen-bond acceptors (Lipinski definition) is 3. The van der Waals surface area contributed by atoms with Gasteiger partial charge < -0.3 is 14.5 Å². The van der Waals surface area contributed by atoms with Crippen molar-refractivity contribution in [3.8, 4) is 11.5 Å². The lowest BCUT2D eigenvalue weighted by molar-refractivity contribution is 0.209. The normalized spacial score (nSPS) is 23.1. The lowest BCUT2D eigenvalue weighted by Crippen LogP contribution is -2.47. The van der Waals surface area contributed by atoms with Crippen LogP contribution in [0.1, 0.15) is 24.4 Å². The van der Waals surface area contributed by atoms with Gasteiger partial charge >= 0.3 is 0 Å². The summed E-state index contributed by atoms with van der Waals surface area (Å²) >= 11 is 0. The number of hydrogen-bond donors (Lipinski definition) is 0.